The Kier molecular flexibility index (Phi) is 6.80. The minimum Gasteiger partial charge on any atom is -0.481 e. The molecule has 2 aromatic rings. The van der Waals surface area contributed by atoms with Gasteiger partial charge in [-0.05, 0) is 35.9 Å². The smallest absolute Gasteiger partial charge is 0.151 e. The third kappa shape index (κ3) is 4.57. The number of nitrogens with one attached hydrogen (secondary N) is 1. The van der Waals surface area contributed by atoms with Gasteiger partial charge in [-0.3, -0.25) is 0 Å². The average molecular weight is 376 g/mol. The van der Waals surface area contributed by atoms with E-state index in [9.17, 15) is 8.78 Å². The van der Waals surface area contributed by atoms with Crippen LogP contribution in [0.15, 0.2) is 42.5 Å². The van der Waals surface area contributed by atoms with Gasteiger partial charge in [-0.1, -0.05) is 23.7 Å². The number of ether oxygens (including phenoxy) is 2. The van der Waals surface area contributed by atoms with E-state index in [1.165, 1.54) is 30.3 Å². The molecule has 1 heterocycles. The van der Waals surface area contributed by atoms with Crippen LogP contribution >= 0.6 is 24.0 Å². The molecule has 0 bridgehead atoms. The van der Waals surface area contributed by atoms with Crippen molar-refractivity contribution in [3.05, 3.63) is 64.7 Å². The molecule has 1 fully saturated rings. The van der Waals surface area contributed by atoms with E-state index >= 15 is 0 Å². The Hall–Kier alpha value is -1.40. The predicted octanol–water partition coefficient (Wildman–Crippen LogP) is 4.15. The van der Waals surface area contributed by atoms with Gasteiger partial charge in [-0.15, -0.1) is 12.4 Å². The highest BCUT2D eigenvalue weighted by molar-refractivity contribution is 6.32. The summed E-state index contributed by atoms with van der Waals surface area (Å²) in [5, 5.41) is 3.38. The van der Waals surface area contributed by atoms with Crippen molar-refractivity contribution in [2.45, 2.75) is 12.2 Å². The number of rotatable bonds is 4. The highest BCUT2D eigenvalue weighted by Crippen LogP contribution is 2.32. The van der Waals surface area contributed by atoms with Crippen molar-refractivity contribution in [2.24, 2.45) is 0 Å². The third-order valence-electron chi connectivity index (χ3n) is 3.62. The van der Waals surface area contributed by atoms with Crippen molar-refractivity contribution in [3.63, 3.8) is 0 Å². The number of benzene rings is 2. The molecule has 3 nitrogen and oxygen atoms in total. The van der Waals surface area contributed by atoms with E-state index in [1.807, 2.05) is 0 Å². The molecular weight excluding hydrogens is 359 g/mol. The first-order valence-corrected chi connectivity index (χ1v) is 7.71. The second-order valence-electron chi connectivity index (χ2n) is 5.28. The molecule has 0 amide bonds. The minimum atomic E-state index is -0.554. The van der Waals surface area contributed by atoms with Crippen LogP contribution in [0.4, 0.5) is 8.78 Å². The van der Waals surface area contributed by atoms with E-state index in [1.54, 1.807) is 12.1 Å². The number of morpholine rings is 1. The van der Waals surface area contributed by atoms with E-state index in [0.717, 1.165) is 6.54 Å². The molecule has 0 aliphatic carbocycles. The van der Waals surface area contributed by atoms with Crippen LogP contribution in [0, 0.1) is 11.6 Å². The van der Waals surface area contributed by atoms with E-state index in [2.05, 4.69) is 5.32 Å². The van der Waals surface area contributed by atoms with Crippen molar-refractivity contribution in [1.29, 1.82) is 0 Å². The first-order chi connectivity index (χ1) is 11.1. The number of hydrogen-bond acceptors (Lipinski definition) is 3. The van der Waals surface area contributed by atoms with Gasteiger partial charge in [0.1, 0.15) is 23.5 Å². The van der Waals surface area contributed by atoms with Gasteiger partial charge in [0, 0.05) is 13.1 Å². The molecule has 1 unspecified atom stereocenters. The number of halogens is 4. The average Bonchev–Trinajstić information content (AvgIpc) is 2.55. The zero-order valence-corrected chi connectivity index (χ0v) is 14.2. The number of hydrogen-bond donors (Lipinski definition) is 1. The maximum absolute atomic E-state index is 13.6. The van der Waals surface area contributed by atoms with Crippen molar-refractivity contribution >= 4 is 24.0 Å². The van der Waals surface area contributed by atoms with Crippen molar-refractivity contribution in [2.75, 3.05) is 19.7 Å². The van der Waals surface area contributed by atoms with E-state index < -0.39 is 11.9 Å². The first-order valence-electron chi connectivity index (χ1n) is 7.33. The van der Waals surface area contributed by atoms with Crippen LogP contribution in [0.2, 0.25) is 5.02 Å². The van der Waals surface area contributed by atoms with Crippen molar-refractivity contribution < 1.29 is 18.3 Å². The molecule has 130 valence electrons. The molecule has 2 atom stereocenters. The van der Waals surface area contributed by atoms with Gasteiger partial charge < -0.3 is 14.8 Å². The fourth-order valence-electron chi connectivity index (χ4n) is 2.53. The van der Waals surface area contributed by atoms with Crippen LogP contribution in [0.3, 0.4) is 0 Å². The Morgan fingerprint density at radius 2 is 1.96 bits per heavy atom. The quantitative estimate of drug-likeness (QED) is 0.870. The third-order valence-corrected chi connectivity index (χ3v) is 3.91. The molecule has 0 aromatic heterocycles. The summed E-state index contributed by atoms with van der Waals surface area (Å²) in [4.78, 5) is 0. The lowest BCUT2D eigenvalue weighted by Gasteiger charge is -2.31. The summed E-state index contributed by atoms with van der Waals surface area (Å²) < 4.78 is 38.5. The maximum atomic E-state index is 13.6. The molecule has 1 N–H and O–H groups in total. The molecule has 3 rings (SSSR count). The summed E-state index contributed by atoms with van der Waals surface area (Å²) in [5.74, 6) is -0.471. The summed E-state index contributed by atoms with van der Waals surface area (Å²) in [5.41, 5.74) is 0.638. The molecule has 0 radical (unpaired) electrons. The summed E-state index contributed by atoms with van der Waals surface area (Å²) >= 11 is 6.04. The maximum Gasteiger partial charge on any atom is 0.151 e. The highest BCUT2D eigenvalue weighted by atomic mass is 35.5. The van der Waals surface area contributed by atoms with Crippen LogP contribution < -0.4 is 10.1 Å². The van der Waals surface area contributed by atoms with Gasteiger partial charge >= 0.3 is 0 Å². The standard InChI is InChI=1S/C17H16ClF2NO2.ClH/c18-14-9-13(20)4-5-15(14)23-17(16-10-21-6-7-22-16)11-2-1-3-12(19)8-11;/h1-5,8-9,16-17,21H,6-7,10H2;1H/t16-,17?;/m0./s1. The fraction of sp³-hybridized carbons (Fsp3) is 0.294. The van der Waals surface area contributed by atoms with Gasteiger partial charge in [-0.25, -0.2) is 8.78 Å². The van der Waals surface area contributed by atoms with E-state index in [0.29, 0.717) is 24.5 Å². The van der Waals surface area contributed by atoms with Crippen LogP contribution in [0.5, 0.6) is 5.75 Å². The molecule has 1 aliphatic rings. The van der Waals surface area contributed by atoms with Crippen LogP contribution in [-0.4, -0.2) is 25.8 Å². The monoisotopic (exact) mass is 375 g/mol. The lowest BCUT2D eigenvalue weighted by atomic mass is 10.0. The Morgan fingerprint density at radius 1 is 1.17 bits per heavy atom. The summed E-state index contributed by atoms with van der Waals surface area (Å²) in [6, 6.07) is 10.1. The second-order valence-corrected chi connectivity index (χ2v) is 5.69. The summed E-state index contributed by atoms with van der Waals surface area (Å²) in [7, 11) is 0. The molecule has 7 heteroatoms. The minimum absolute atomic E-state index is 0. The fourth-order valence-corrected chi connectivity index (χ4v) is 2.74. The Labute approximate surface area is 150 Å². The predicted molar refractivity (Wildman–Crippen MR) is 91.0 cm³/mol. The summed E-state index contributed by atoms with van der Waals surface area (Å²) in [6.07, 6.45) is -0.854. The highest BCUT2D eigenvalue weighted by Gasteiger charge is 2.28. The topological polar surface area (TPSA) is 30.5 Å². The van der Waals surface area contributed by atoms with Crippen LogP contribution in [0.25, 0.3) is 0 Å². The Bertz CT molecular complexity index is 681. The zero-order valence-electron chi connectivity index (χ0n) is 12.7. The molecule has 1 aliphatic heterocycles. The second kappa shape index (κ2) is 8.62. The van der Waals surface area contributed by atoms with E-state index in [4.69, 9.17) is 21.1 Å². The lowest BCUT2D eigenvalue weighted by Crippen LogP contribution is -2.43. The lowest BCUT2D eigenvalue weighted by molar-refractivity contribution is -0.0433. The Balaban J connectivity index is 0.00000208. The van der Waals surface area contributed by atoms with Gasteiger partial charge in [0.15, 0.2) is 6.10 Å². The largest absolute Gasteiger partial charge is 0.481 e. The Morgan fingerprint density at radius 3 is 2.62 bits per heavy atom. The SMILES string of the molecule is Cl.Fc1cccc(C(Oc2ccc(F)cc2Cl)[C@@H]2CNCCO2)c1. The van der Waals surface area contributed by atoms with Gasteiger partial charge in [0.25, 0.3) is 0 Å². The molecule has 0 saturated carbocycles. The molecule has 24 heavy (non-hydrogen) atoms. The first kappa shape index (κ1) is 18.9. The zero-order chi connectivity index (χ0) is 16.2. The van der Waals surface area contributed by atoms with Crippen molar-refractivity contribution in [3.8, 4) is 5.75 Å². The van der Waals surface area contributed by atoms with Crippen LogP contribution in [-0.2, 0) is 4.74 Å². The normalized spacial score (nSPS) is 18.5. The van der Waals surface area contributed by atoms with Crippen LogP contribution in [0.1, 0.15) is 11.7 Å². The molecule has 1 saturated heterocycles. The summed E-state index contributed by atoms with van der Waals surface area (Å²) in [6.45, 7) is 1.86. The van der Waals surface area contributed by atoms with Gasteiger partial charge in [-0.2, -0.15) is 0 Å². The van der Waals surface area contributed by atoms with Crippen molar-refractivity contribution in [1.82, 2.24) is 5.32 Å². The molecule has 0 spiro atoms. The van der Waals surface area contributed by atoms with E-state index in [-0.39, 0.29) is 29.4 Å². The molecular formula is C17H17Cl2F2NO2. The van der Waals surface area contributed by atoms with Gasteiger partial charge in [0.05, 0.1) is 11.6 Å². The van der Waals surface area contributed by atoms with Gasteiger partial charge in [0.2, 0.25) is 0 Å². The molecule has 2 aromatic carbocycles.